The number of cyclic esters (lactones) is 1. The van der Waals surface area contributed by atoms with Gasteiger partial charge in [-0.1, -0.05) is 13.0 Å². The van der Waals surface area contributed by atoms with E-state index in [1.807, 2.05) is 6.07 Å². The summed E-state index contributed by atoms with van der Waals surface area (Å²) in [5, 5.41) is 10.4. The number of ether oxygens (including phenoxy) is 1. The number of hydrogen-bond donors (Lipinski definition) is 2. The van der Waals surface area contributed by atoms with Crippen LogP contribution in [0.3, 0.4) is 0 Å². The molecule has 2 heterocycles. The summed E-state index contributed by atoms with van der Waals surface area (Å²) in [6.07, 6.45) is 3.28. The zero-order valence-electron chi connectivity index (χ0n) is 15.7. The van der Waals surface area contributed by atoms with Crippen LogP contribution >= 0.6 is 0 Å². The highest BCUT2D eigenvalue weighted by Gasteiger charge is 2.33. The van der Waals surface area contributed by atoms with Crippen LogP contribution < -0.4 is 10.2 Å². The standard InChI is InChI=1S/C20H24N4O3/c1-3-18-17-6-4-5-13-9-14(7-8-16(13)19(17)23-22-18)24-11-15(27-20(24)26)10-21-12(2)25/h7-9,15H,3-6,10-11H2,1-2H3,(H,21,25)(H,22,23). The number of aryl methyl sites for hydroxylation is 2. The molecule has 142 valence electrons. The fraction of sp³-hybridized carbons (Fsp3) is 0.450. The second-order valence-electron chi connectivity index (χ2n) is 7.13. The van der Waals surface area contributed by atoms with Gasteiger partial charge in [0.1, 0.15) is 6.10 Å². The van der Waals surface area contributed by atoms with E-state index < -0.39 is 0 Å². The van der Waals surface area contributed by atoms with Gasteiger partial charge in [0.25, 0.3) is 0 Å². The van der Waals surface area contributed by atoms with E-state index in [4.69, 9.17) is 4.74 Å². The van der Waals surface area contributed by atoms with Crippen LogP contribution in [0.5, 0.6) is 0 Å². The van der Waals surface area contributed by atoms with Crippen molar-refractivity contribution in [3.05, 3.63) is 35.0 Å². The number of carbonyl (C=O) groups is 2. The second kappa shape index (κ2) is 7.06. The molecule has 7 heteroatoms. The first-order valence-electron chi connectivity index (χ1n) is 9.48. The first-order valence-corrected chi connectivity index (χ1v) is 9.48. The number of aromatic nitrogens is 2. The topological polar surface area (TPSA) is 87.3 Å². The minimum absolute atomic E-state index is 0.128. The summed E-state index contributed by atoms with van der Waals surface area (Å²) in [6, 6.07) is 6.11. The van der Waals surface area contributed by atoms with E-state index in [2.05, 4.69) is 34.6 Å². The van der Waals surface area contributed by atoms with Crippen molar-refractivity contribution in [1.29, 1.82) is 0 Å². The Morgan fingerprint density at radius 1 is 1.41 bits per heavy atom. The van der Waals surface area contributed by atoms with Crippen molar-refractivity contribution < 1.29 is 14.3 Å². The quantitative estimate of drug-likeness (QED) is 0.868. The van der Waals surface area contributed by atoms with Crippen LogP contribution in [0.4, 0.5) is 10.5 Å². The molecule has 2 aliphatic rings. The number of amides is 2. The summed E-state index contributed by atoms with van der Waals surface area (Å²) < 4.78 is 5.38. The Morgan fingerprint density at radius 2 is 2.26 bits per heavy atom. The van der Waals surface area contributed by atoms with Gasteiger partial charge in [0.15, 0.2) is 0 Å². The van der Waals surface area contributed by atoms with E-state index in [0.717, 1.165) is 42.8 Å². The minimum Gasteiger partial charge on any atom is -0.442 e. The number of nitrogens with zero attached hydrogens (tertiary/aromatic N) is 2. The molecular formula is C20H24N4O3. The molecule has 1 aliphatic carbocycles. The lowest BCUT2D eigenvalue weighted by Crippen LogP contribution is -2.33. The van der Waals surface area contributed by atoms with Crippen molar-refractivity contribution in [2.75, 3.05) is 18.0 Å². The van der Waals surface area contributed by atoms with Crippen molar-refractivity contribution in [1.82, 2.24) is 15.5 Å². The van der Waals surface area contributed by atoms with E-state index in [-0.39, 0.29) is 18.1 Å². The van der Waals surface area contributed by atoms with Crippen LogP contribution in [0.2, 0.25) is 0 Å². The molecule has 4 rings (SSSR count). The minimum atomic E-state index is -0.366. The molecule has 1 fully saturated rings. The second-order valence-corrected chi connectivity index (χ2v) is 7.13. The van der Waals surface area contributed by atoms with Crippen molar-refractivity contribution in [2.45, 2.75) is 45.6 Å². The summed E-state index contributed by atoms with van der Waals surface area (Å²) in [6.45, 7) is 4.35. The first kappa shape index (κ1) is 17.6. The number of H-pyrrole nitrogens is 1. The van der Waals surface area contributed by atoms with Gasteiger partial charge >= 0.3 is 6.09 Å². The maximum atomic E-state index is 12.3. The van der Waals surface area contributed by atoms with Gasteiger partial charge in [0.2, 0.25) is 5.91 Å². The van der Waals surface area contributed by atoms with E-state index >= 15 is 0 Å². The van der Waals surface area contributed by atoms with Crippen LogP contribution in [0.15, 0.2) is 18.2 Å². The maximum absolute atomic E-state index is 12.3. The Bertz CT molecular complexity index is 889. The van der Waals surface area contributed by atoms with Crippen LogP contribution in [-0.4, -0.2) is 41.4 Å². The third-order valence-electron chi connectivity index (χ3n) is 5.28. The molecule has 1 aliphatic heterocycles. The summed E-state index contributed by atoms with van der Waals surface area (Å²) >= 11 is 0. The van der Waals surface area contributed by atoms with Crippen molar-refractivity contribution in [2.24, 2.45) is 0 Å². The summed E-state index contributed by atoms with van der Waals surface area (Å²) in [4.78, 5) is 25.0. The zero-order valence-corrected chi connectivity index (χ0v) is 15.7. The van der Waals surface area contributed by atoms with Gasteiger partial charge in [-0.2, -0.15) is 5.10 Å². The largest absolute Gasteiger partial charge is 0.442 e. The molecular weight excluding hydrogens is 344 g/mol. The first-order chi connectivity index (χ1) is 13.1. The van der Waals surface area contributed by atoms with E-state index in [1.165, 1.54) is 23.6 Å². The molecule has 0 saturated carbocycles. The Kier molecular flexibility index (Phi) is 4.59. The predicted molar refractivity (Wildman–Crippen MR) is 102 cm³/mol. The molecule has 2 amide bonds. The molecule has 2 N–H and O–H groups in total. The van der Waals surface area contributed by atoms with Gasteiger partial charge < -0.3 is 10.1 Å². The van der Waals surface area contributed by atoms with Crippen molar-refractivity contribution in [3.8, 4) is 11.3 Å². The highest BCUT2D eigenvalue weighted by molar-refractivity contribution is 5.90. The average Bonchev–Trinajstić information content (AvgIpc) is 3.18. The van der Waals surface area contributed by atoms with Crippen LogP contribution in [0, 0.1) is 0 Å². The fourth-order valence-electron chi connectivity index (χ4n) is 3.94. The van der Waals surface area contributed by atoms with E-state index in [9.17, 15) is 9.59 Å². The van der Waals surface area contributed by atoms with Crippen LogP contribution in [-0.2, 0) is 28.8 Å². The van der Waals surface area contributed by atoms with Gasteiger partial charge in [0.05, 0.1) is 24.5 Å². The summed E-state index contributed by atoms with van der Waals surface area (Å²) in [5.41, 5.74) is 6.79. The molecule has 7 nitrogen and oxygen atoms in total. The van der Waals surface area contributed by atoms with Crippen molar-refractivity contribution in [3.63, 3.8) is 0 Å². The number of anilines is 1. The molecule has 1 saturated heterocycles. The highest BCUT2D eigenvalue weighted by atomic mass is 16.6. The number of benzene rings is 1. The molecule has 2 aromatic rings. The monoisotopic (exact) mass is 368 g/mol. The van der Waals surface area contributed by atoms with Crippen LogP contribution in [0.1, 0.15) is 37.1 Å². The van der Waals surface area contributed by atoms with Gasteiger partial charge in [-0.05, 0) is 43.4 Å². The third kappa shape index (κ3) is 3.29. The lowest BCUT2D eigenvalue weighted by atomic mass is 10.0. The Hall–Kier alpha value is -2.83. The maximum Gasteiger partial charge on any atom is 0.414 e. The Labute approximate surface area is 158 Å². The highest BCUT2D eigenvalue weighted by Crippen LogP contribution is 2.35. The predicted octanol–water partition coefficient (Wildman–Crippen LogP) is 2.59. The molecule has 0 bridgehead atoms. The molecule has 0 spiro atoms. The van der Waals surface area contributed by atoms with Crippen molar-refractivity contribution >= 4 is 17.7 Å². The number of rotatable bonds is 4. The summed E-state index contributed by atoms with van der Waals surface area (Å²) in [7, 11) is 0. The van der Waals surface area contributed by atoms with Gasteiger partial charge in [-0.25, -0.2) is 4.79 Å². The van der Waals surface area contributed by atoms with Crippen LogP contribution in [0.25, 0.3) is 11.3 Å². The molecule has 1 atom stereocenters. The third-order valence-corrected chi connectivity index (χ3v) is 5.28. The number of nitrogens with one attached hydrogen (secondary N) is 2. The Morgan fingerprint density at radius 3 is 3.04 bits per heavy atom. The van der Waals surface area contributed by atoms with E-state index in [0.29, 0.717) is 13.1 Å². The number of aromatic amines is 1. The molecule has 1 aromatic carbocycles. The van der Waals surface area contributed by atoms with E-state index in [1.54, 1.807) is 4.90 Å². The molecule has 1 unspecified atom stereocenters. The molecule has 1 aromatic heterocycles. The molecule has 27 heavy (non-hydrogen) atoms. The average molecular weight is 368 g/mol. The number of carbonyl (C=O) groups excluding carboxylic acids is 2. The number of fused-ring (bicyclic) bond motifs is 3. The zero-order chi connectivity index (χ0) is 19.0. The number of hydrogen-bond acceptors (Lipinski definition) is 4. The van der Waals surface area contributed by atoms with Gasteiger partial charge in [-0.15, -0.1) is 0 Å². The lowest BCUT2D eigenvalue weighted by molar-refractivity contribution is -0.119. The summed E-state index contributed by atoms with van der Waals surface area (Å²) in [5.74, 6) is -0.128. The van der Waals surface area contributed by atoms with Gasteiger partial charge in [-0.3, -0.25) is 14.8 Å². The lowest BCUT2D eigenvalue weighted by Gasteiger charge is -2.16. The Balaban J connectivity index is 1.59. The molecule has 0 radical (unpaired) electrons. The van der Waals surface area contributed by atoms with Gasteiger partial charge in [0, 0.05) is 23.7 Å². The normalized spacial score (nSPS) is 18.5. The SMILES string of the molecule is CCc1n[nH]c2c1CCCc1cc(N3CC(CNC(C)=O)OC3=O)ccc1-2. The fourth-order valence-corrected chi connectivity index (χ4v) is 3.94. The smallest absolute Gasteiger partial charge is 0.414 e.